The normalized spacial score (nSPS) is 14.5. The van der Waals surface area contributed by atoms with Gasteiger partial charge in [-0.05, 0) is 35.9 Å². The summed E-state index contributed by atoms with van der Waals surface area (Å²) in [5, 5.41) is 10.6. The average molecular weight is 368 g/mol. The van der Waals surface area contributed by atoms with Crippen LogP contribution in [-0.4, -0.2) is 20.4 Å². The van der Waals surface area contributed by atoms with E-state index in [2.05, 4.69) is 4.98 Å². The molecule has 2 aromatic heterocycles. The number of phenols is 1. The predicted octanol–water partition coefficient (Wildman–Crippen LogP) is 4.56. The van der Waals surface area contributed by atoms with Crippen LogP contribution in [0.25, 0.3) is 28.4 Å². The summed E-state index contributed by atoms with van der Waals surface area (Å²) in [6.45, 7) is 0. The monoisotopic (exact) mass is 368 g/mol. The number of phenolic OH excluding ortho intramolecular Hbond substituents is 1. The van der Waals surface area contributed by atoms with Gasteiger partial charge in [0.15, 0.2) is 5.76 Å². The van der Waals surface area contributed by atoms with Crippen molar-refractivity contribution in [2.24, 2.45) is 7.05 Å². The number of ketones is 1. The van der Waals surface area contributed by atoms with E-state index >= 15 is 0 Å². The van der Waals surface area contributed by atoms with E-state index in [-0.39, 0.29) is 17.3 Å². The summed E-state index contributed by atoms with van der Waals surface area (Å²) >= 11 is 0. The number of carbonyl (C=O) groups is 1. The van der Waals surface area contributed by atoms with Gasteiger partial charge in [0.25, 0.3) is 0 Å². The van der Waals surface area contributed by atoms with Gasteiger partial charge in [0.2, 0.25) is 5.78 Å². The van der Waals surface area contributed by atoms with Gasteiger partial charge in [-0.2, -0.15) is 0 Å². The molecule has 0 radical (unpaired) electrons. The number of aromatic nitrogens is 2. The van der Waals surface area contributed by atoms with Crippen molar-refractivity contribution in [3.8, 4) is 22.8 Å². The summed E-state index contributed by atoms with van der Waals surface area (Å²) in [6, 6.07) is 18.4. The zero-order valence-corrected chi connectivity index (χ0v) is 15.1. The number of nitrogens with zero attached hydrogens (tertiary/aromatic N) is 2. The second-order valence-electron chi connectivity index (χ2n) is 6.68. The Kier molecular flexibility index (Phi) is 3.55. The lowest BCUT2D eigenvalue weighted by Crippen LogP contribution is -1.99. The summed E-state index contributed by atoms with van der Waals surface area (Å²) in [5.74, 6) is 0.465. The van der Waals surface area contributed by atoms with Crippen LogP contribution in [-0.2, 0) is 7.05 Å². The molecule has 5 nitrogen and oxygen atoms in total. The van der Waals surface area contributed by atoms with Crippen LogP contribution in [0.3, 0.4) is 0 Å². The van der Waals surface area contributed by atoms with Gasteiger partial charge in [0, 0.05) is 30.3 Å². The molecule has 0 fully saturated rings. The zero-order chi connectivity index (χ0) is 19.3. The van der Waals surface area contributed by atoms with Crippen molar-refractivity contribution in [3.05, 3.63) is 83.7 Å². The van der Waals surface area contributed by atoms with Crippen molar-refractivity contribution in [3.63, 3.8) is 0 Å². The molecule has 0 saturated heterocycles. The quantitative estimate of drug-likeness (QED) is 0.527. The van der Waals surface area contributed by atoms with E-state index in [0.29, 0.717) is 11.3 Å². The van der Waals surface area contributed by atoms with Crippen molar-refractivity contribution in [2.45, 2.75) is 0 Å². The predicted molar refractivity (Wildman–Crippen MR) is 107 cm³/mol. The largest absolute Gasteiger partial charge is 0.508 e. The van der Waals surface area contributed by atoms with Crippen LogP contribution in [0.4, 0.5) is 0 Å². The summed E-state index contributed by atoms with van der Waals surface area (Å²) in [4.78, 5) is 17.3. The molecular formula is C23H16N2O3. The topological polar surface area (TPSA) is 64.3 Å². The van der Waals surface area contributed by atoms with Gasteiger partial charge in [0.05, 0.1) is 11.3 Å². The first-order valence-electron chi connectivity index (χ1n) is 8.89. The summed E-state index contributed by atoms with van der Waals surface area (Å²) in [5.41, 5.74) is 4.13. The molecule has 3 heterocycles. The van der Waals surface area contributed by atoms with Gasteiger partial charge in [0.1, 0.15) is 17.1 Å². The number of carbonyl (C=O) groups excluding carboxylic acids is 1. The zero-order valence-electron chi connectivity index (χ0n) is 15.1. The van der Waals surface area contributed by atoms with Crippen LogP contribution < -0.4 is 4.74 Å². The van der Waals surface area contributed by atoms with E-state index in [1.807, 2.05) is 54.1 Å². The Labute approximate surface area is 161 Å². The Morgan fingerprint density at radius 1 is 1.07 bits per heavy atom. The van der Waals surface area contributed by atoms with Gasteiger partial charge < -0.3 is 14.4 Å². The van der Waals surface area contributed by atoms with Crippen molar-refractivity contribution < 1.29 is 14.6 Å². The van der Waals surface area contributed by atoms with E-state index in [0.717, 1.165) is 27.9 Å². The highest BCUT2D eigenvalue weighted by molar-refractivity contribution is 6.15. The van der Waals surface area contributed by atoms with Crippen LogP contribution in [0.15, 0.2) is 72.6 Å². The standard InChI is InChI=1S/C23H16N2O3/c1-25-21(14-6-3-2-4-7-14)18(16-8-5-11-24-23(16)25)13-20-22(27)17-10-9-15(26)12-19(17)28-20/h2-13,26H,1H3. The molecule has 0 bridgehead atoms. The number of hydrogen-bond acceptors (Lipinski definition) is 4. The highest BCUT2D eigenvalue weighted by Crippen LogP contribution is 2.38. The Hall–Kier alpha value is -3.86. The lowest BCUT2D eigenvalue weighted by atomic mass is 10.0. The van der Waals surface area contributed by atoms with Crippen LogP contribution in [0.5, 0.6) is 11.5 Å². The van der Waals surface area contributed by atoms with E-state index in [9.17, 15) is 9.90 Å². The number of pyridine rings is 1. The third-order valence-electron chi connectivity index (χ3n) is 4.96. The first-order valence-corrected chi connectivity index (χ1v) is 8.89. The first-order chi connectivity index (χ1) is 13.6. The van der Waals surface area contributed by atoms with Gasteiger partial charge in [-0.25, -0.2) is 4.98 Å². The number of aromatic hydroxyl groups is 1. The molecule has 0 amide bonds. The molecule has 1 aliphatic rings. The van der Waals surface area contributed by atoms with Crippen LogP contribution in [0.1, 0.15) is 15.9 Å². The summed E-state index contributed by atoms with van der Waals surface area (Å²) < 4.78 is 7.80. The molecule has 136 valence electrons. The Balaban J connectivity index is 1.74. The molecule has 28 heavy (non-hydrogen) atoms. The van der Waals surface area contributed by atoms with Gasteiger partial charge >= 0.3 is 0 Å². The van der Waals surface area contributed by atoms with Crippen molar-refractivity contribution in [1.29, 1.82) is 0 Å². The average Bonchev–Trinajstić information content (AvgIpc) is 3.17. The number of hydrogen-bond donors (Lipinski definition) is 1. The van der Waals surface area contributed by atoms with E-state index in [4.69, 9.17) is 4.74 Å². The maximum atomic E-state index is 12.8. The fraction of sp³-hybridized carbons (Fsp3) is 0.0435. The number of Topliss-reactive ketones (excluding diaryl/α,β-unsaturated/α-hetero) is 1. The smallest absolute Gasteiger partial charge is 0.231 e. The Bertz CT molecular complexity index is 1270. The van der Waals surface area contributed by atoms with Gasteiger partial charge in [-0.1, -0.05) is 30.3 Å². The lowest BCUT2D eigenvalue weighted by Gasteiger charge is -2.06. The molecule has 2 aromatic carbocycles. The lowest BCUT2D eigenvalue weighted by molar-refractivity contribution is 0.101. The molecule has 4 aromatic rings. The van der Waals surface area contributed by atoms with Gasteiger partial charge in [-0.3, -0.25) is 4.79 Å². The number of benzene rings is 2. The van der Waals surface area contributed by atoms with Crippen molar-refractivity contribution in [1.82, 2.24) is 9.55 Å². The van der Waals surface area contributed by atoms with Gasteiger partial charge in [-0.15, -0.1) is 0 Å². The number of aryl methyl sites for hydroxylation is 1. The molecular weight excluding hydrogens is 352 g/mol. The maximum absolute atomic E-state index is 12.8. The minimum Gasteiger partial charge on any atom is -0.508 e. The molecule has 0 unspecified atom stereocenters. The molecule has 0 spiro atoms. The summed E-state index contributed by atoms with van der Waals surface area (Å²) in [6.07, 6.45) is 3.52. The number of fused-ring (bicyclic) bond motifs is 2. The fourth-order valence-electron chi connectivity index (χ4n) is 3.69. The number of allylic oxidation sites excluding steroid dienone is 1. The maximum Gasteiger partial charge on any atom is 0.231 e. The minimum absolute atomic E-state index is 0.0622. The molecule has 0 aliphatic carbocycles. The first kappa shape index (κ1) is 16.3. The van der Waals surface area contributed by atoms with Crippen molar-refractivity contribution >= 4 is 22.9 Å². The molecule has 1 N–H and O–H groups in total. The molecule has 1 aliphatic heterocycles. The fourth-order valence-corrected chi connectivity index (χ4v) is 3.69. The summed E-state index contributed by atoms with van der Waals surface area (Å²) in [7, 11) is 1.96. The Morgan fingerprint density at radius 3 is 2.71 bits per heavy atom. The van der Waals surface area contributed by atoms with Crippen LogP contribution in [0, 0.1) is 0 Å². The molecule has 5 heteroatoms. The third-order valence-corrected chi connectivity index (χ3v) is 4.96. The second-order valence-corrected chi connectivity index (χ2v) is 6.68. The van der Waals surface area contributed by atoms with Crippen molar-refractivity contribution in [2.75, 3.05) is 0 Å². The Morgan fingerprint density at radius 2 is 1.89 bits per heavy atom. The number of rotatable bonds is 2. The molecule has 0 atom stereocenters. The van der Waals surface area contributed by atoms with E-state index in [1.165, 1.54) is 12.1 Å². The molecule has 0 saturated carbocycles. The highest BCUT2D eigenvalue weighted by atomic mass is 16.5. The SMILES string of the molecule is Cn1c(-c2ccccc2)c(C=C2Oc3cc(O)ccc3C2=O)c2cccnc21. The van der Waals surface area contributed by atoms with Crippen LogP contribution >= 0.6 is 0 Å². The second kappa shape index (κ2) is 6.09. The number of ether oxygens (including phenoxy) is 1. The highest BCUT2D eigenvalue weighted by Gasteiger charge is 2.29. The third kappa shape index (κ3) is 2.41. The molecule has 5 rings (SSSR count). The van der Waals surface area contributed by atoms with E-state index in [1.54, 1.807) is 18.3 Å². The van der Waals surface area contributed by atoms with Crippen LogP contribution in [0.2, 0.25) is 0 Å². The minimum atomic E-state index is -0.199. The van der Waals surface area contributed by atoms with E-state index < -0.39 is 0 Å².